The number of benzene rings is 1. The lowest BCUT2D eigenvalue weighted by atomic mass is 10.2. The van der Waals surface area contributed by atoms with Gasteiger partial charge in [-0.3, -0.25) is 4.57 Å². The zero-order chi connectivity index (χ0) is 16.8. The number of pyridine rings is 1. The molecule has 8 heteroatoms. The third kappa shape index (κ3) is 2.57. The fourth-order valence-electron chi connectivity index (χ4n) is 2.44. The lowest BCUT2D eigenvalue weighted by Gasteiger charge is -2.12. The molecule has 0 aliphatic rings. The molecule has 23 heavy (non-hydrogen) atoms. The van der Waals surface area contributed by atoms with E-state index in [0.717, 1.165) is 11.6 Å². The number of ether oxygens (including phenoxy) is 1. The first-order chi connectivity index (χ1) is 10.8. The minimum Gasteiger partial charge on any atom is -0.495 e. The van der Waals surface area contributed by atoms with E-state index in [0.29, 0.717) is 28.6 Å². The molecule has 4 N–H and O–H groups in total. The summed E-state index contributed by atoms with van der Waals surface area (Å²) in [4.78, 5) is 4.49. The highest BCUT2D eigenvalue weighted by Gasteiger charge is 2.15. The van der Waals surface area contributed by atoms with Crippen molar-refractivity contribution in [3.63, 3.8) is 0 Å². The number of nitrogens with zero attached hydrogens (tertiary/aromatic N) is 2. The van der Waals surface area contributed by atoms with E-state index >= 15 is 0 Å². The summed E-state index contributed by atoms with van der Waals surface area (Å²) in [6, 6.07) is 8.08. The Labute approximate surface area is 133 Å². The molecule has 3 aromatic rings. The van der Waals surface area contributed by atoms with Gasteiger partial charge in [-0.25, -0.2) is 13.4 Å². The number of fused-ring (bicyclic) bond motifs is 1. The van der Waals surface area contributed by atoms with E-state index in [1.54, 1.807) is 22.9 Å². The van der Waals surface area contributed by atoms with Crippen molar-refractivity contribution in [2.45, 2.75) is 4.90 Å². The molecule has 2 heterocycles. The minimum atomic E-state index is -3.32. The van der Waals surface area contributed by atoms with Gasteiger partial charge in [0.25, 0.3) is 0 Å². The molecule has 0 unspecified atom stereocenters. The maximum atomic E-state index is 11.7. The van der Waals surface area contributed by atoms with Gasteiger partial charge in [-0.1, -0.05) is 0 Å². The molecule has 2 aromatic heterocycles. The summed E-state index contributed by atoms with van der Waals surface area (Å²) < 4.78 is 30.5. The second-order valence-corrected chi connectivity index (χ2v) is 7.18. The van der Waals surface area contributed by atoms with Crippen molar-refractivity contribution >= 4 is 32.4 Å². The summed E-state index contributed by atoms with van der Waals surface area (Å²) in [5.74, 6) is 0.717. The number of aromatic nitrogens is 2. The van der Waals surface area contributed by atoms with Crippen LogP contribution in [0.15, 0.2) is 41.4 Å². The van der Waals surface area contributed by atoms with E-state index in [4.69, 9.17) is 16.2 Å². The molecule has 0 spiro atoms. The normalized spacial score (nSPS) is 11.7. The average molecular weight is 332 g/mol. The Hall–Kier alpha value is -2.74. The largest absolute Gasteiger partial charge is 0.495 e. The first-order valence-electron chi connectivity index (χ1n) is 6.73. The first-order valence-corrected chi connectivity index (χ1v) is 8.62. The van der Waals surface area contributed by atoms with Crippen molar-refractivity contribution in [3.8, 4) is 11.4 Å². The molecule has 0 bridgehead atoms. The van der Waals surface area contributed by atoms with Gasteiger partial charge in [-0.2, -0.15) is 0 Å². The highest BCUT2D eigenvalue weighted by molar-refractivity contribution is 7.90. The standard InChI is InChI=1S/C15H16N4O3S/c1-22-13-7-9(23(2,20)21)3-4-12(13)19-6-5-10-11(16)8-14(17)18-15(10)19/h3-8H,1-2H3,(H4,16,17,18). The predicted octanol–water partition coefficient (Wildman–Crippen LogP) is 1.60. The molecule has 3 rings (SSSR count). The second kappa shape index (κ2) is 5.17. The van der Waals surface area contributed by atoms with Crippen LogP contribution in [-0.4, -0.2) is 31.3 Å². The quantitative estimate of drug-likeness (QED) is 0.753. The summed E-state index contributed by atoms with van der Waals surface area (Å²) in [6.45, 7) is 0. The van der Waals surface area contributed by atoms with E-state index in [1.165, 1.54) is 19.2 Å². The van der Waals surface area contributed by atoms with Gasteiger partial charge in [0.2, 0.25) is 0 Å². The SMILES string of the molecule is COc1cc(S(C)(=O)=O)ccc1-n1ccc2c(N)cc(N)nc21. The van der Waals surface area contributed by atoms with Crippen molar-refractivity contribution in [2.24, 2.45) is 0 Å². The van der Waals surface area contributed by atoms with Gasteiger partial charge < -0.3 is 16.2 Å². The Balaban J connectivity index is 2.27. The molecule has 0 atom stereocenters. The van der Waals surface area contributed by atoms with Crippen LogP contribution in [0.3, 0.4) is 0 Å². The van der Waals surface area contributed by atoms with Crippen LogP contribution in [0.25, 0.3) is 16.7 Å². The number of anilines is 2. The van der Waals surface area contributed by atoms with Gasteiger partial charge in [0.15, 0.2) is 9.84 Å². The summed E-state index contributed by atoms with van der Waals surface area (Å²) in [5, 5.41) is 0.758. The van der Waals surface area contributed by atoms with Gasteiger partial charge >= 0.3 is 0 Å². The minimum absolute atomic E-state index is 0.182. The summed E-state index contributed by atoms with van der Waals surface area (Å²) in [5.41, 5.74) is 13.5. The van der Waals surface area contributed by atoms with Gasteiger partial charge in [0, 0.05) is 35.7 Å². The topological polar surface area (TPSA) is 113 Å². The summed E-state index contributed by atoms with van der Waals surface area (Å²) in [6.07, 6.45) is 2.93. The number of hydrogen-bond acceptors (Lipinski definition) is 6. The molecule has 0 saturated carbocycles. The van der Waals surface area contributed by atoms with E-state index in [-0.39, 0.29) is 4.90 Å². The van der Waals surface area contributed by atoms with E-state index in [1.807, 2.05) is 6.07 Å². The average Bonchev–Trinajstić information content (AvgIpc) is 2.89. The fraction of sp³-hybridized carbons (Fsp3) is 0.133. The monoisotopic (exact) mass is 332 g/mol. The van der Waals surface area contributed by atoms with Crippen LogP contribution in [-0.2, 0) is 9.84 Å². The van der Waals surface area contributed by atoms with Gasteiger partial charge in [0.1, 0.15) is 17.2 Å². The lowest BCUT2D eigenvalue weighted by Crippen LogP contribution is -2.03. The van der Waals surface area contributed by atoms with E-state index in [9.17, 15) is 8.42 Å². The van der Waals surface area contributed by atoms with Crippen LogP contribution in [0.1, 0.15) is 0 Å². The van der Waals surface area contributed by atoms with Crippen LogP contribution >= 0.6 is 0 Å². The second-order valence-electron chi connectivity index (χ2n) is 5.17. The number of sulfone groups is 1. The van der Waals surface area contributed by atoms with Crippen LogP contribution in [0.4, 0.5) is 11.5 Å². The summed E-state index contributed by atoms with van der Waals surface area (Å²) >= 11 is 0. The van der Waals surface area contributed by atoms with Crippen LogP contribution in [0.2, 0.25) is 0 Å². The maximum absolute atomic E-state index is 11.7. The molecule has 0 amide bonds. The molecular formula is C15H16N4O3S. The highest BCUT2D eigenvalue weighted by Crippen LogP contribution is 2.31. The van der Waals surface area contributed by atoms with Crippen molar-refractivity contribution < 1.29 is 13.2 Å². The summed E-state index contributed by atoms with van der Waals surface area (Å²) in [7, 11) is -1.84. The highest BCUT2D eigenvalue weighted by atomic mass is 32.2. The molecule has 0 aliphatic carbocycles. The zero-order valence-corrected chi connectivity index (χ0v) is 13.5. The van der Waals surface area contributed by atoms with Crippen molar-refractivity contribution in [3.05, 3.63) is 36.5 Å². The predicted molar refractivity (Wildman–Crippen MR) is 89.6 cm³/mol. The van der Waals surface area contributed by atoms with Gasteiger partial charge in [-0.05, 0) is 18.2 Å². The Bertz CT molecular complexity index is 1010. The third-order valence-electron chi connectivity index (χ3n) is 3.55. The maximum Gasteiger partial charge on any atom is 0.175 e. The molecule has 0 fully saturated rings. The fourth-order valence-corrected chi connectivity index (χ4v) is 3.07. The molecule has 7 nitrogen and oxygen atoms in total. The van der Waals surface area contributed by atoms with E-state index < -0.39 is 9.84 Å². The molecular weight excluding hydrogens is 316 g/mol. The van der Waals surface area contributed by atoms with Crippen LogP contribution < -0.4 is 16.2 Å². The zero-order valence-electron chi connectivity index (χ0n) is 12.6. The smallest absolute Gasteiger partial charge is 0.175 e. The molecule has 0 radical (unpaired) electrons. The molecule has 120 valence electrons. The molecule has 0 saturated heterocycles. The molecule has 0 aliphatic heterocycles. The third-order valence-corrected chi connectivity index (χ3v) is 4.66. The van der Waals surface area contributed by atoms with Crippen molar-refractivity contribution in [1.29, 1.82) is 0 Å². The number of nitrogen functional groups attached to an aromatic ring is 2. The van der Waals surface area contributed by atoms with Gasteiger partial charge in [0.05, 0.1) is 17.7 Å². The Morgan fingerprint density at radius 3 is 2.57 bits per heavy atom. The van der Waals surface area contributed by atoms with Crippen molar-refractivity contribution in [2.75, 3.05) is 24.8 Å². The molecule has 1 aromatic carbocycles. The number of methoxy groups -OCH3 is 1. The first kappa shape index (κ1) is 15.2. The lowest BCUT2D eigenvalue weighted by molar-refractivity contribution is 0.412. The number of nitrogens with two attached hydrogens (primary N) is 2. The Morgan fingerprint density at radius 2 is 1.91 bits per heavy atom. The van der Waals surface area contributed by atoms with Gasteiger partial charge in [-0.15, -0.1) is 0 Å². The Morgan fingerprint density at radius 1 is 1.17 bits per heavy atom. The Kier molecular flexibility index (Phi) is 3.41. The van der Waals surface area contributed by atoms with Crippen molar-refractivity contribution in [1.82, 2.24) is 9.55 Å². The van der Waals surface area contributed by atoms with E-state index in [2.05, 4.69) is 4.98 Å². The van der Waals surface area contributed by atoms with Crippen LogP contribution in [0.5, 0.6) is 5.75 Å². The number of hydrogen-bond donors (Lipinski definition) is 2. The number of rotatable bonds is 3. The van der Waals surface area contributed by atoms with Crippen LogP contribution in [0, 0.1) is 0 Å².